The molecule has 0 aromatic heterocycles. The summed E-state index contributed by atoms with van der Waals surface area (Å²) in [6.07, 6.45) is 4.28. The van der Waals surface area contributed by atoms with Gasteiger partial charge >= 0.3 is 0 Å². The summed E-state index contributed by atoms with van der Waals surface area (Å²) in [5.41, 5.74) is 7.12. The number of anilines is 1. The highest BCUT2D eigenvalue weighted by Gasteiger charge is 2.29. The van der Waals surface area contributed by atoms with Crippen molar-refractivity contribution < 1.29 is 4.79 Å². The Morgan fingerprint density at radius 1 is 0.886 bits per heavy atom. The van der Waals surface area contributed by atoms with Gasteiger partial charge in [-0.15, -0.1) is 0 Å². The molecule has 4 aromatic rings. The van der Waals surface area contributed by atoms with E-state index in [0.29, 0.717) is 10.6 Å². The summed E-state index contributed by atoms with van der Waals surface area (Å²) in [7, 11) is 0. The molecule has 0 amide bonds. The first kappa shape index (κ1) is 22.8. The Morgan fingerprint density at radius 2 is 1.57 bits per heavy atom. The third-order valence-electron chi connectivity index (χ3n) is 6.19. The van der Waals surface area contributed by atoms with Gasteiger partial charge in [0.05, 0.1) is 17.4 Å². The van der Waals surface area contributed by atoms with Gasteiger partial charge in [0.15, 0.2) is 5.78 Å². The van der Waals surface area contributed by atoms with E-state index >= 15 is 0 Å². The third-order valence-corrected chi connectivity index (χ3v) is 6.45. The molecule has 0 spiro atoms. The summed E-state index contributed by atoms with van der Waals surface area (Å²) in [6, 6.07) is 34.2. The molecule has 35 heavy (non-hydrogen) atoms. The highest BCUT2D eigenvalue weighted by atomic mass is 35.5. The lowest BCUT2D eigenvalue weighted by Gasteiger charge is -2.24. The second-order valence-corrected chi connectivity index (χ2v) is 9.12. The molecule has 4 aromatic carbocycles. The van der Waals surface area contributed by atoms with Crippen LogP contribution in [0, 0.1) is 6.92 Å². The molecule has 0 aliphatic carbocycles. The first-order chi connectivity index (χ1) is 17.1. The van der Waals surface area contributed by atoms with Crippen LogP contribution < -0.4 is 5.01 Å². The molecule has 0 saturated heterocycles. The lowest BCUT2D eigenvalue weighted by molar-refractivity contribution is 0.104. The largest absolute Gasteiger partial charge is 0.289 e. The van der Waals surface area contributed by atoms with Gasteiger partial charge in [0.2, 0.25) is 0 Å². The van der Waals surface area contributed by atoms with Gasteiger partial charge in [-0.25, -0.2) is 0 Å². The molecule has 3 nitrogen and oxygen atoms in total. The van der Waals surface area contributed by atoms with Crippen molar-refractivity contribution in [2.75, 3.05) is 5.01 Å². The van der Waals surface area contributed by atoms with E-state index < -0.39 is 0 Å². The number of ketones is 1. The Hall–Kier alpha value is -3.95. The number of hydrazone groups is 1. The summed E-state index contributed by atoms with van der Waals surface area (Å²) >= 11 is 6.09. The van der Waals surface area contributed by atoms with Crippen molar-refractivity contribution in [3.63, 3.8) is 0 Å². The number of hydrogen-bond donors (Lipinski definition) is 0. The standard InChI is InChI=1S/C31H25ClN2O/c1-22-7-12-26(13-8-22)31(35)20-11-23-9-18-28(19-10-23)34-30(25-5-3-2-4-6-25)21-29(33-34)24-14-16-27(32)17-15-24/h2-20,30H,21H2,1H3/b20-11+. The summed E-state index contributed by atoms with van der Waals surface area (Å²) in [5.74, 6) is -0.00466. The maximum absolute atomic E-state index is 12.5. The van der Waals surface area contributed by atoms with Crippen molar-refractivity contribution in [3.05, 3.63) is 142 Å². The van der Waals surface area contributed by atoms with Crippen molar-refractivity contribution >= 4 is 34.9 Å². The number of halogens is 1. The Bertz CT molecular complexity index is 1370. The average Bonchev–Trinajstić information content (AvgIpc) is 3.34. The summed E-state index contributed by atoms with van der Waals surface area (Å²) in [5, 5.41) is 7.80. The predicted molar refractivity (Wildman–Crippen MR) is 145 cm³/mol. The molecule has 0 fully saturated rings. The molecule has 0 bridgehead atoms. The molecule has 1 unspecified atom stereocenters. The fourth-order valence-corrected chi connectivity index (χ4v) is 4.35. The van der Waals surface area contributed by atoms with Crippen molar-refractivity contribution in [3.8, 4) is 0 Å². The van der Waals surface area contributed by atoms with Crippen LogP contribution in [0.4, 0.5) is 5.69 Å². The quantitative estimate of drug-likeness (QED) is 0.209. The Kier molecular flexibility index (Phi) is 6.60. The zero-order valence-electron chi connectivity index (χ0n) is 19.4. The van der Waals surface area contributed by atoms with Crippen LogP contribution in [-0.4, -0.2) is 11.5 Å². The minimum atomic E-state index is -0.00466. The summed E-state index contributed by atoms with van der Waals surface area (Å²) < 4.78 is 0. The summed E-state index contributed by atoms with van der Waals surface area (Å²) in [4.78, 5) is 12.5. The summed E-state index contributed by atoms with van der Waals surface area (Å²) in [6.45, 7) is 2.01. The van der Waals surface area contributed by atoms with Crippen LogP contribution in [0.15, 0.2) is 114 Å². The number of carbonyl (C=O) groups excluding carboxylic acids is 1. The van der Waals surface area contributed by atoms with Gasteiger partial charge < -0.3 is 0 Å². The maximum Gasteiger partial charge on any atom is 0.185 e. The van der Waals surface area contributed by atoms with Crippen molar-refractivity contribution in [2.45, 2.75) is 19.4 Å². The fraction of sp³-hybridized carbons (Fsp3) is 0.0968. The van der Waals surface area contributed by atoms with E-state index in [1.54, 1.807) is 6.08 Å². The Balaban J connectivity index is 1.39. The molecular weight excluding hydrogens is 452 g/mol. The lowest BCUT2D eigenvalue weighted by Crippen LogP contribution is -2.18. The van der Waals surface area contributed by atoms with Crippen LogP contribution in [-0.2, 0) is 0 Å². The number of allylic oxidation sites excluding steroid dienone is 1. The second-order valence-electron chi connectivity index (χ2n) is 8.68. The highest BCUT2D eigenvalue weighted by Crippen LogP contribution is 2.37. The first-order valence-electron chi connectivity index (χ1n) is 11.6. The molecule has 5 rings (SSSR count). The third kappa shape index (κ3) is 5.26. The smallest absolute Gasteiger partial charge is 0.185 e. The Morgan fingerprint density at radius 3 is 2.26 bits per heavy atom. The van der Waals surface area contributed by atoms with Gasteiger partial charge in [-0.3, -0.25) is 9.80 Å². The Labute approximate surface area is 211 Å². The zero-order chi connectivity index (χ0) is 24.2. The number of rotatable bonds is 6. The van der Waals surface area contributed by atoms with Gasteiger partial charge in [-0.2, -0.15) is 5.10 Å². The maximum atomic E-state index is 12.5. The average molecular weight is 477 g/mol. The van der Waals surface area contributed by atoms with Crippen molar-refractivity contribution in [2.24, 2.45) is 5.10 Å². The van der Waals surface area contributed by atoms with Crippen molar-refractivity contribution in [1.29, 1.82) is 0 Å². The van der Waals surface area contributed by atoms with Gasteiger partial charge in [0, 0.05) is 17.0 Å². The molecule has 1 aliphatic rings. The van der Waals surface area contributed by atoms with Crippen LogP contribution in [0.3, 0.4) is 0 Å². The fourth-order valence-electron chi connectivity index (χ4n) is 4.22. The zero-order valence-corrected chi connectivity index (χ0v) is 20.2. The molecule has 0 saturated carbocycles. The van der Waals surface area contributed by atoms with Gasteiger partial charge in [-0.05, 0) is 54.0 Å². The molecule has 1 atom stereocenters. The van der Waals surface area contributed by atoms with Crippen LogP contribution in [0.1, 0.15) is 45.1 Å². The van der Waals surface area contributed by atoms with Crippen molar-refractivity contribution in [1.82, 2.24) is 0 Å². The molecule has 172 valence electrons. The predicted octanol–water partition coefficient (Wildman–Crippen LogP) is 7.90. The molecular formula is C31H25ClN2O. The molecule has 0 radical (unpaired) electrons. The monoisotopic (exact) mass is 476 g/mol. The topological polar surface area (TPSA) is 32.7 Å². The van der Waals surface area contributed by atoms with E-state index in [-0.39, 0.29) is 11.8 Å². The number of hydrogen-bond acceptors (Lipinski definition) is 3. The van der Waals surface area contributed by atoms with Crippen LogP contribution in [0.5, 0.6) is 0 Å². The minimum Gasteiger partial charge on any atom is -0.289 e. The van der Waals surface area contributed by atoms with Gasteiger partial charge in [-0.1, -0.05) is 102 Å². The van der Waals surface area contributed by atoms with Gasteiger partial charge in [0.25, 0.3) is 0 Å². The molecule has 1 aliphatic heterocycles. The number of aryl methyl sites for hydroxylation is 1. The molecule has 4 heteroatoms. The second kappa shape index (κ2) is 10.1. The van der Waals surface area contributed by atoms with E-state index in [2.05, 4.69) is 41.4 Å². The molecule has 1 heterocycles. The number of carbonyl (C=O) groups is 1. The van der Waals surface area contributed by atoms with Crippen LogP contribution in [0.25, 0.3) is 6.08 Å². The van der Waals surface area contributed by atoms with Crippen LogP contribution in [0.2, 0.25) is 5.02 Å². The van der Waals surface area contributed by atoms with E-state index in [0.717, 1.165) is 34.5 Å². The first-order valence-corrected chi connectivity index (χ1v) is 12.0. The van der Waals surface area contributed by atoms with E-state index in [4.69, 9.17) is 16.7 Å². The van der Waals surface area contributed by atoms with E-state index in [1.807, 2.05) is 79.7 Å². The SMILES string of the molecule is Cc1ccc(C(=O)/C=C/c2ccc(N3N=C(c4ccc(Cl)cc4)CC3c3ccccc3)cc2)cc1. The minimum absolute atomic E-state index is 0.00466. The van der Waals surface area contributed by atoms with Crippen LogP contribution >= 0.6 is 11.6 Å². The van der Waals surface area contributed by atoms with E-state index in [9.17, 15) is 4.79 Å². The number of benzene rings is 4. The normalized spacial score (nSPS) is 15.4. The van der Waals surface area contributed by atoms with E-state index in [1.165, 1.54) is 5.56 Å². The number of nitrogens with zero attached hydrogens (tertiary/aromatic N) is 2. The lowest BCUT2D eigenvalue weighted by atomic mass is 9.98. The highest BCUT2D eigenvalue weighted by molar-refractivity contribution is 6.30. The van der Waals surface area contributed by atoms with Gasteiger partial charge in [0.1, 0.15) is 0 Å². The molecule has 0 N–H and O–H groups in total.